The van der Waals surface area contributed by atoms with Gasteiger partial charge in [0, 0.05) is 13.1 Å². The fourth-order valence-electron chi connectivity index (χ4n) is 1.20. The summed E-state index contributed by atoms with van der Waals surface area (Å²) in [5.74, 6) is 0.842. The van der Waals surface area contributed by atoms with Crippen LogP contribution in [0.15, 0.2) is 12.5 Å². The van der Waals surface area contributed by atoms with Gasteiger partial charge in [-0.15, -0.1) is 0 Å². The molecule has 0 radical (unpaired) electrons. The molecule has 0 aromatic carbocycles. The van der Waals surface area contributed by atoms with E-state index >= 15 is 0 Å². The highest BCUT2D eigenvalue weighted by molar-refractivity contribution is 6.32. The molecule has 1 aliphatic rings. The molecule has 0 atom stereocenters. The van der Waals surface area contributed by atoms with Gasteiger partial charge in [-0.25, -0.2) is 9.97 Å². The summed E-state index contributed by atoms with van der Waals surface area (Å²) in [6, 6.07) is 0.636. The van der Waals surface area contributed by atoms with Crippen molar-refractivity contribution >= 4 is 17.4 Å². The van der Waals surface area contributed by atoms with E-state index in [-0.39, 0.29) is 0 Å². The van der Waals surface area contributed by atoms with Crippen molar-refractivity contribution in [3.05, 3.63) is 17.5 Å². The van der Waals surface area contributed by atoms with E-state index in [1.807, 2.05) is 7.05 Å². The molecule has 1 aromatic rings. The molecular formula is C8H10ClN3. The van der Waals surface area contributed by atoms with Crippen LogP contribution in [0.5, 0.6) is 0 Å². The maximum absolute atomic E-state index is 5.92. The highest BCUT2D eigenvalue weighted by Crippen LogP contribution is 2.31. The van der Waals surface area contributed by atoms with Crippen molar-refractivity contribution in [1.82, 2.24) is 9.97 Å². The predicted molar refractivity (Wildman–Crippen MR) is 48.5 cm³/mol. The second-order valence-electron chi connectivity index (χ2n) is 3.04. The van der Waals surface area contributed by atoms with E-state index in [2.05, 4.69) is 14.9 Å². The summed E-state index contributed by atoms with van der Waals surface area (Å²) in [5.41, 5.74) is 0. The molecule has 0 unspecified atom stereocenters. The fourth-order valence-corrected chi connectivity index (χ4v) is 1.44. The van der Waals surface area contributed by atoms with Crippen LogP contribution in [0.1, 0.15) is 12.8 Å². The predicted octanol–water partition coefficient (Wildman–Crippen LogP) is 1.73. The molecule has 1 aliphatic carbocycles. The van der Waals surface area contributed by atoms with Crippen LogP contribution >= 0.6 is 11.6 Å². The van der Waals surface area contributed by atoms with Crippen molar-refractivity contribution in [3.8, 4) is 0 Å². The zero-order valence-electron chi connectivity index (χ0n) is 6.87. The van der Waals surface area contributed by atoms with Crippen LogP contribution in [0.2, 0.25) is 5.02 Å². The minimum atomic E-state index is 0.631. The first-order valence-corrected chi connectivity index (χ1v) is 4.35. The first kappa shape index (κ1) is 7.80. The Labute approximate surface area is 76.4 Å². The van der Waals surface area contributed by atoms with Crippen LogP contribution < -0.4 is 4.90 Å². The first-order valence-electron chi connectivity index (χ1n) is 3.97. The van der Waals surface area contributed by atoms with Gasteiger partial charge >= 0.3 is 0 Å². The van der Waals surface area contributed by atoms with E-state index in [1.165, 1.54) is 19.2 Å². The Kier molecular flexibility index (Phi) is 1.89. The number of halogens is 1. The number of nitrogens with zero attached hydrogens (tertiary/aromatic N) is 3. The van der Waals surface area contributed by atoms with Gasteiger partial charge in [-0.05, 0) is 12.8 Å². The summed E-state index contributed by atoms with van der Waals surface area (Å²) in [6.45, 7) is 0. The molecule has 0 saturated heterocycles. The monoisotopic (exact) mass is 183 g/mol. The lowest BCUT2D eigenvalue weighted by atomic mass is 10.5. The molecule has 0 aliphatic heterocycles. The second-order valence-corrected chi connectivity index (χ2v) is 3.44. The van der Waals surface area contributed by atoms with Gasteiger partial charge in [-0.1, -0.05) is 11.6 Å². The zero-order valence-corrected chi connectivity index (χ0v) is 7.62. The van der Waals surface area contributed by atoms with Gasteiger partial charge < -0.3 is 4.90 Å². The molecule has 0 bridgehead atoms. The van der Waals surface area contributed by atoms with Crippen LogP contribution in [-0.2, 0) is 0 Å². The summed E-state index contributed by atoms with van der Waals surface area (Å²) in [7, 11) is 2.02. The normalized spacial score (nSPS) is 16.2. The molecule has 1 heterocycles. The number of hydrogen-bond acceptors (Lipinski definition) is 3. The average molecular weight is 184 g/mol. The van der Waals surface area contributed by atoms with Crippen molar-refractivity contribution in [1.29, 1.82) is 0 Å². The second kappa shape index (κ2) is 2.90. The fraction of sp³-hybridized carbons (Fsp3) is 0.500. The molecule has 3 nitrogen and oxygen atoms in total. The molecule has 1 aromatic heterocycles. The summed E-state index contributed by atoms with van der Waals surface area (Å²) in [6.07, 6.45) is 5.65. The Morgan fingerprint density at radius 1 is 1.58 bits per heavy atom. The molecule has 0 spiro atoms. The quantitative estimate of drug-likeness (QED) is 0.700. The first-order chi connectivity index (χ1) is 5.79. The molecule has 2 rings (SSSR count). The molecule has 1 saturated carbocycles. The van der Waals surface area contributed by atoms with Crippen molar-refractivity contribution < 1.29 is 0 Å². The highest BCUT2D eigenvalue weighted by atomic mass is 35.5. The molecule has 0 amide bonds. The van der Waals surface area contributed by atoms with E-state index in [1.54, 1.807) is 6.20 Å². The summed E-state index contributed by atoms with van der Waals surface area (Å²) in [4.78, 5) is 10.1. The minimum absolute atomic E-state index is 0.631. The van der Waals surface area contributed by atoms with Crippen molar-refractivity contribution in [2.24, 2.45) is 0 Å². The standard InChI is InChI=1S/C8H10ClN3/c1-12(6-2-3-6)8-7(9)4-10-5-11-8/h4-6H,2-3H2,1H3. The Morgan fingerprint density at radius 3 is 2.92 bits per heavy atom. The molecule has 1 fully saturated rings. The van der Waals surface area contributed by atoms with Crippen molar-refractivity contribution in [3.63, 3.8) is 0 Å². The lowest BCUT2D eigenvalue weighted by Gasteiger charge is -2.17. The number of rotatable bonds is 2. The van der Waals surface area contributed by atoms with Crippen LogP contribution in [0.4, 0.5) is 5.82 Å². The summed E-state index contributed by atoms with van der Waals surface area (Å²) >= 11 is 5.92. The maximum atomic E-state index is 5.92. The maximum Gasteiger partial charge on any atom is 0.150 e. The highest BCUT2D eigenvalue weighted by Gasteiger charge is 2.28. The molecule has 0 N–H and O–H groups in total. The van der Waals surface area contributed by atoms with E-state index in [0.29, 0.717) is 11.1 Å². The van der Waals surface area contributed by atoms with Crippen LogP contribution in [-0.4, -0.2) is 23.1 Å². The SMILES string of the molecule is CN(c1ncncc1Cl)C1CC1. The number of aromatic nitrogens is 2. The van der Waals surface area contributed by atoms with Gasteiger partial charge in [0.05, 0.1) is 6.20 Å². The van der Waals surface area contributed by atoms with Crippen molar-refractivity contribution in [2.75, 3.05) is 11.9 Å². The topological polar surface area (TPSA) is 29.0 Å². The molecular weight excluding hydrogens is 174 g/mol. The Balaban J connectivity index is 2.25. The smallest absolute Gasteiger partial charge is 0.150 e. The van der Waals surface area contributed by atoms with E-state index < -0.39 is 0 Å². The summed E-state index contributed by atoms with van der Waals surface area (Å²) < 4.78 is 0. The third-order valence-corrected chi connectivity index (χ3v) is 2.34. The van der Waals surface area contributed by atoms with Crippen LogP contribution in [0.25, 0.3) is 0 Å². The van der Waals surface area contributed by atoms with E-state index in [4.69, 9.17) is 11.6 Å². The zero-order chi connectivity index (χ0) is 8.55. The van der Waals surface area contributed by atoms with E-state index in [9.17, 15) is 0 Å². The average Bonchev–Trinajstić information content (AvgIpc) is 2.86. The molecule has 64 valence electrons. The van der Waals surface area contributed by atoms with Gasteiger partial charge in [-0.3, -0.25) is 0 Å². The third-order valence-electron chi connectivity index (χ3n) is 2.08. The summed E-state index contributed by atoms with van der Waals surface area (Å²) in [5, 5.41) is 0.631. The van der Waals surface area contributed by atoms with Gasteiger partial charge in [0.1, 0.15) is 11.3 Å². The van der Waals surface area contributed by atoms with Gasteiger partial charge in [0.25, 0.3) is 0 Å². The lowest BCUT2D eigenvalue weighted by molar-refractivity contribution is 0.885. The third kappa shape index (κ3) is 1.37. The molecule has 12 heavy (non-hydrogen) atoms. The van der Waals surface area contributed by atoms with Crippen molar-refractivity contribution in [2.45, 2.75) is 18.9 Å². The van der Waals surface area contributed by atoms with Crippen LogP contribution in [0.3, 0.4) is 0 Å². The Hall–Kier alpha value is -0.830. The van der Waals surface area contributed by atoms with Crippen LogP contribution in [0, 0.1) is 0 Å². The number of hydrogen-bond donors (Lipinski definition) is 0. The molecule has 4 heteroatoms. The number of anilines is 1. The van der Waals surface area contributed by atoms with Gasteiger partial charge in [-0.2, -0.15) is 0 Å². The Morgan fingerprint density at radius 2 is 2.33 bits per heavy atom. The van der Waals surface area contributed by atoms with Gasteiger partial charge in [0.2, 0.25) is 0 Å². The largest absolute Gasteiger partial charge is 0.355 e. The Bertz CT molecular complexity index is 285. The van der Waals surface area contributed by atoms with Gasteiger partial charge in [0.15, 0.2) is 5.82 Å². The lowest BCUT2D eigenvalue weighted by Crippen LogP contribution is -2.20. The minimum Gasteiger partial charge on any atom is -0.355 e. The van der Waals surface area contributed by atoms with E-state index in [0.717, 1.165) is 5.82 Å².